The fourth-order valence-electron chi connectivity index (χ4n) is 7.95. The van der Waals surface area contributed by atoms with Crippen LogP contribution in [-0.4, -0.2) is 37.2 Å². The molecule has 6 nitrogen and oxygen atoms in total. The second-order valence-corrected chi connectivity index (χ2v) is 18.9. The van der Waals surface area contributed by atoms with E-state index in [1.165, 1.54) is 154 Å². The number of ether oxygens (including phenoxy) is 3. The van der Waals surface area contributed by atoms with Crippen molar-refractivity contribution in [3.63, 3.8) is 0 Å². The van der Waals surface area contributed by atoms with Crippen molar-refractivity contribution in [2.45, 2.75) is 290 Å². The van der Waals surface area contributed by atoms with Gasteiger partial charge in [0.15, 0.2) is 6.10 Å². The van der Waals surface area contributed by atoms with E-state index >= 15 is 0 Å². The maximum Gasteiger partial charge on any atom is 0.306 e. The molecule has 0 N–H and O–H groups in total. The lowest BCUT2D eigenvalue weighted by Crippen LogP contribution is -2.30. The largest absolute Gasteiger partial charge is 0.462 e. The third-order valence-corrected chi connectivity index (χ3v) is 12.3. The summed E-state index contributed by atoms with van der Waals surface area (Å²) in [6.07, 6.45) is 67.8. The van der Waals surface area contributed by atoms with Gasteiger partial charge >= 0.3 is 17.9 Å². The average molecular weight is 924 g/mol. The topological polar surface area (TPSA) is 78.9 Å². The molecule has 0 bridgehead atoms. The van der Waals surface area contributed by atoms with Crippen LogP contribution in [0.1, 0.15) is 284 Å². The van der Waals surface area contributed by atoms with Crippen molar-refractivity contribution in [3.05, 3.63) is 60.8 Å². The van der Waals surface area contributed by atoms with Crippen LogP contribution in [0, 0.1) is 0 Å². The number of rotatable bonds is 51. The molecule has 0 aromatic rings. The van der Waals surface area contributed by atoms with E-state index in [-0.39, 0.29) is 31.1 Å². The van der Waals surface area contributed by atoms with Crippen LogP contribution in [-0.2, 0) is 28.6 Å². The highest BCUT2D eigenvalue weighted by atomic mass is 16.6. The van der Waals surface area contributed by atoms with Crippen molar-refractivity contribution in [1.82, 2.24) is 0 Å². The van der Waals surface area contributed by atoms with Gasteiger partial charge in [0, 0.05) is 19.3 Å². The van der Waals surface area contributed by atoms with E-state index in [1.807, 2.05) is 0 Å². The molecule has 0 aliphatic rings. The van der Waals surface area contributed by atoms with E-state index in [1.54, 1.807) is 0 Å². The van der Waals surface area contributed by atoms with E-state index < -0.39 is 6.10 Å². The third kappa shape index (κ3) is 52.1. The highest BCUT2D eigenvalue weighted by Crippen LogP contribution is 2.14. The van der Waals surface area contributed by atoms with Gasteiger partial charge in [0.1, 0.15) is 13.2 Å². The van der Waals surface area contributed by atoms with Crippen molar-refractivity contribution >= 4 is 17.9 Å². The number of allylic oxidation sites excluding steroid dienone is 10. The van der Waals surface area contributed by atoms with Crippen LogP contribution in [0.4, 0.5) is 0 Å². The second kappa shape index (κ2) is 54.7. The monoisotopic (exact) mass is 923 g/mol. The van der Waals surface area contributed by atoms with Crippen molar-refractivity contribution in [1.29, 1.82) is 0 Å². The summed E-state index contributed by atoms with van der Waals surface area (Å²) in [5.74, 6) is -0.950. The molecule has 382 valence electrons. The Balaban J connectivity index is 4.47. The first-order valence-corrected chi connectivity index (χ1v) is 28.3. The number of hydrogen-bond donors (Lipinski definition) is 0. The molecule has 0 fully saturated rings. The van der Waals surface area contributed by atoms with E-state index in [2.05, 4.69) is 81.5 Å². The Bertz CT molecular complexity index is 1200. The maximum atomic E-state index is 12.8. The van der Waals surface area contributed by atoms with Crippen molar-refractivity contribution in [2.75, 3.05) is 13.2 Å². The SMILES string of the molecule is CCCCCCCCC/C=C\C=C/CCCCCC(=O)OCC(COC(=O)CCCCCCC/C=C\CCCCCCCCC)OC(=O)CCCCC/C=C\C=C/CCCCCCCCC. The number of carbonyl (C=O) groups is 3. The maximum absolute atomic E-state index is 12.8. The standard InChI is InChI=1S/C60H106O6/c1-4-7-10-13-16-19-22-25-28-31-34-37-40-43-46-49-52-58(61)64-55-57(66-60(63)54-51-48-45-42-39-36-33-30-27-24-21-18-15-12-9-6-3)56-65-59(62)53-50-47-44-41-38-35-32-29-26-23-20-17-14-11-8-5-2/h28-34,36-37,39,57H,4-27,35,38,40-56H2,1-3H3/b31-28-,32-29-,33-30-,37-34-,39-36-. The van der Waals surface area contributed by atoms with E-state index in [9.17, 15) is 14.4 Å². The molecule has 0 aromatic carbocycles. The van der Waals surface area contributed by atoms with E-state index in [0.717, 1.165) is 89.9 Å². The zero-order valence-electron chi connectivity index (χ0n) is 43.7. The summed E-state index contributed by atoms with van der Waals surface area (Å²) in [6, 6.07) is 0. The zero-order chi connectivity index (χ0) is 47.9. The van der Waals surface area contributed by atoms with E-state index in [0.29, 0.717) is 19.3 Å². The molecule has 0 amide bonds. The van der Waals surface area contributed by atoms with Gasteiger partial charge in [0.2, 0.25) is 0 Å². The highest BCUT2D eigenvalue weighted by molar-refractivity contribution is 5.71. The van der Waals surface area contributed by atoms with Gasteiger partial charge in [-0.25, -0.2) is 0 Å². The lowest BCUT2D eigenvalue weighted by molar-refractivity contribution is -0.167. The highest BCUT2D eigenvalue weighted by Gasteiger charge is 2.19. The smallest absolute Gasteiger partial charge is 0.306 e. The molecule has 0 saturated heterocycles. The molecule has 0 heterocycles. The Morgan fingerprint density at radius 2 is 0.545 bits per heavy atom. The third-order valence-electron chi connectivity index (χ3n) is 12.3. The molecule has 0 saturated carbocycles. The summed E-state index contributed by atoms with van der Waals surface area (Å²) in [5.41, 5.74) is 0. The molecule has 6 heteroatoms. The van der Waals surface area contributed by atoms with Gasteiger partial charge in [-0.05, 0) is 96.3 Å². The minimum Gasteiger partial charge on any atom is -0.462 e. The van der Waals surface area contributed by atoms with Crippen LogP contribution in [0.5, 0.6) is 0 Å². The summed E-state index contributed by atoms with van der Waals surface area (Å²) in [4.78, 5) is 38.1. The van der Waals surface area contributed by atoms with Crippen LogP contribution >= 0.6 is 0 Å². The number of esters is 3. The van der Waals surface area contributed by atoms with Gasteiger partial charge in [0.05, 0.1) is 0 Å². The second-order valence-electron chi connectivity index (χ2n) is 18.9. The molecule has 1 unspecified atom stereocenters. The Morgan fingerprint density at radius 1 is 0.303 bits per heavy atom. The molecule has 0 aliphatic heterocycles. The summed E-state index contributed by atoms with van der Waals surface area (Å²) >= 11 is 0. The average Bonchev–Trinajstić information content (AvgIpc) is 3.31. The Hall–Kier alpha value is -2.89. The minimum atomic E-state index is -0.802. The molecule has 1 atom stereocenters. The fraction of sp³-hybridized carbons (Fsp3) is 0.783. The molecular weight excluding hydrogens is 817 g/mol. The number of hydrogen-bond acceptors (Lipinski definition) is 6. The molecule has 0 rings (SSSR count). The lowest BCUT2D eigenvalue weighted by atomic mass is 10.1. The van der Waals surface area contributed by atoms with Gasteiger partial charge in [-0.1, -0.05) is 229 Å². The Labute approximate surface area is 409 Å². The van der Waals surface area contributed by atoms with Crippen molar-refractivity contribution < 1.29 is 28.6 Å². The lowest BCUT2D eigenvalue weighted by Gasteiger charge is -2.18. The summed E-state index contributed by atoms with van der Waals surface area (Å²) in [7, 11) is 0. The molecule has 0 aliphatic carbocycles. The molecule has 0 radical (unpaired) electrons. The molecule has 66 heavy (non-hydrogen) atoms. The molecule has 0 aromatic heterocycles. The van der Waals surface area contributed by atoms with Gasteiger partial charge in [0.25, 0.3) is 0 Å². The summed E-state index contributed by atoms with van der Waals surface area (Å²) in [5, 5.41) is 0. The molecular formula is C60H106O6. The van der Waals surface area contributed by atoms with Crippen LogP contribution in [0.25, 0.3) is 0 Å². The van der Waals surface area contributed by atoms with Gasteiger partial charge < -0.3 is 14.2 Å². The zero-order valence-corrected chi connectivity index (χ0v) is 43.7. The fourth-order valence-corrected chi connectivity index (χ4v) is 7.95. The van der Waals surface area contributed by atoms with Gasteiger partial charge in [-0.3, -0.25) is 14.4 Å². The van der Waals surface area contributed by atoms with Crippen LogP contribution in [0.15, 0.2) is 60.8 Å². The first-order valence-electron chi connectivity index (χ1n) is 28.3. The van der Waals surface area contributed by atoms with Gasteiger partial charge in [-0.2, -0.15) is 0 Å². The van der Waals surface area contributed by atoms with Crippen LogP contribution < -0.4 is 0 Å². The predicted octanol–water partition coefficient (Wildman–Crippen LogP) is 18.8. The predicted molar refractivity (Wildman–Crippen MR) is 284 cm³/mol. The Morgan fingerprint density at radius 3 is 0.864 bits per heavy atom. The van der Waals surface area contributed by atoms with Crippen LogP contribution in [0.2, 0.25) is 0 Å². The summed E-state index contributed by atoms with van der Waals surface area (Å²) in [6.45, 7) is 6.59. The molecule has 0 spiro atoms. The summed E-state index contributed by atoms with van der Waals surface area (Å²) < 4.78 is 16.8. The normalized spacial score (nSPS) is 12.5. The minimum absolute atomic E-state index is 0.0971. The van der Waals surface area contributed by atoms with Gasteiger partial charge in [-0.15, -0.1) is 0 Å². The number of unbranched alkanes of at least 4 members (excludes halogenated alkanes) is 32. The van der Waals surface area contributed by atoms with Crippen molar-refractivity contribution in [3.8, 4) is 0 Å². The first kappa shape index (κ1) is 63.1. The Kier molecular flexibility index (Phi) is 52.3. The van der Waals surface area contributed by atoms with E-state index in [4.69, 9.17) is 14.2 Å². The quantitative estimate of drug-likeness (QED) is 0.0199. The first-order chi connectivity index (χ1) is 32.5. The van der Waals surface area contributed by atoms with Crippen molar-refractivity contribution in [2.24, 2.45) is 0 Å². The number of carbonyl (C=O) groups excluding carboxylic acids is 3. The van der Waals surface area contributed by atoms with Crippen LogP contribution in [0.3, 0.4) is 0 Å².